The first-order valence-corrected chi connectivity index (χ1v) is 14.2. The van der Waals surface area contributed by atoms with Crippen molar-refractivity contribution in [3.05, 3.63) is 0 Å². The van der Waals surface area contributed by atoms with Crippen molar-refractivity contribution in [2.24, 2.45) is 5.92 Å². The molecule has 5 heteroatoms. The molecular weight excluding hydrogens is 414 g/mol. The van der Waals surface area contributed by atoms with Gasteiger partial charge in [0.2, 0.25) is 0 Å². The molecule has 1 aliphatic heterocycles. The van der Waals surface area contributed by atoms with Gasteiger partial charge in [-0.15, -0.1) is 0 Å². The zero-order valence-electron chi connectivity index (χ0n) is 22.7. The summed E-state index contributed by atoms with van der Waals surface area (Å²) in [4.78, 5) is 14.6. The van der Waals surface area contributed by atoms with Gasteiger partial charge in [-0.3, -0.25) is 9.69 Å². The second-order valence-corrected chi connectivity index (χ2v) is 10.1. The van der Waals surface area contributed by atoms with E-state index < -0.39 is 23.7 Å². The minimum Gasteiger partial charge on any atom is -0.481 e. The van der Waals surface area contributed by atoms with Crippen molar-refractivity contribution in [1.29, 1.82) is 0 Å². The Bertz CT molecular complexity index is 506. The minimum absolute atomic E-state index is 0.0659. The lowest BCUT2D eigenvalue weighted by molar-refractivity contribution is -0.283. The molecule has 1 N–H and O–H groups in total. The van der Waals surface area contributed by atoms with Crippen molar-refractivity contribution in [3.63, 3.8) is 0 Å². The fourth-order valence-electron chi connectivity index (χ4n) is 5.33. The van der Waals surface area contributed by atoms with Crippen LogP contribution in [0.3, 0.4) is 0 Å². The Labute approximate surface area is 205 Å². The molecule has 1 heterocycles. The lowest BCUT2D eigenvalue weighted by Crippen LogP contribution is -2.66. The first-order chi connectivity index (χ1) is 15.9. The second kappa shape index (κ2) is 16.9. The molecule has 0 spiro atoms. The van der Waals surface area contributed by atoms with Crippen molar-refractivity contribution in [2.75, 3.05) is 13.6 Å². The maximum atomic E-state index is 12.3. The van der Waals surface area contributed by atoms with Crippen LogP contribution >= 0.6 is 0 Å². The van der Waals surface area contributed by atoms with E-state index in [1.807, 2.05) is 0 Å². The predicted molar refractivity (Wildman–Crippen MR) is 138 cm³/mol. The minimum atomic E-state index is -0.747. The monoisotopic (exact) mass is 469 g/mol. The van der Waals surface area contributed by atoms with Crippen molar-refractivity contribution < 1.29 is 19.4 Å². The van der Waals surface area contributed by atoms with Gasteiger partial charge in [0.25, 0.3) is 0 Å². The van der Waals surface area contributed by atoms with E-state index in [1.54, 1.807) is 0 Å². The maximum absolute atomic E-state index is 12.3. The average Bonchev–Trinajstić information content (AvgIpc) is 2.81. The van der Waals surface area contributed by atoms with E-state index >= 15 is 0 Å². The summed E-state index contributed by atoms with van der Waals surface area (Å²) < 4.78 is 13.5. The topological polar surface area (TPSA) is 59.0 Å². The number of ether oxygens (including phenoxy) is 2. The summed E-state index contributed by atoms with van der Waals surface area (Å²) in [6, 6.07) is 0. The van der Waals surface area contributed by atoms with Gasteiger partial charge >= 0.3 is 5.97 Å². The van der Waals surface area contributed by atoms with Crippen LogP contribution in [-0.2, 0) is 14.3 Å². The third-order valence-corrected chi connectivity index (χ3v) is 7.72. The van der Waals surface area contributed by atoms with Gasteiger partial charge in [0.1, 0.15) is 11.8 Å². The Morgan fingerprint density at radius 2 is 1.39 bits per heavy atom. The lowest BCUT2D eigenvalue weighted by atomic mass is 9.81. The molecule has 3 unspecified atom stereocenters. The van der Waals surface area contributed by atoms with Crippen LogP contribution in [0.2, 0.25) is 0 Å². The summed E-state index contributed by atoms with van der Waals surface area (Å²) in [6.45, 7) is 11.6. The zero-order chi connectivity index (χ0) is 24.7. The van der Waals surface area contributed by atoms with Crippen molar-refractivity contribution in [2.45, 2.75) is 155 Å². The fraction of sp³-hybridized carbons (Fsp3) is 0.964. The van der Waals surface area contributed by atoms with Crippen LogP contribution < -0.4 is 0 Å². The largest absolute Gasteiger partial charge is 0.481 e. The van der Waals surface area contributed by atoms with Gasteiger partial charge in [-0.1, -0.05) is 86.0 Å². The standard InChI is InChI=1S/C28H55NO4/c1-7-12-13-14-15-16-17-18-19-21-28(33-24(10-4)11-5)26(32-23(8-2)9-3)25(27(30)31)20-22-29(28)6/h23-26H,7-22H2,1-6H3,(H,30,31). The average molecular weight is 470 g/mol. The van der Waals surface area contributed by atoms with E-state index in [9.17, 15) is 9.90 Å². The third-order valence-electron chi connectivity index (χ3n) is 7.72. The van der Waals surface area contributed by atoms with Gasteiger partial charge in [0.15, 0.2) is 0 Å². The predicted octanol–water partition coefficient (Wildman–Crippen LogP) is 7.42. The molecule has 1 saturated heterocycles. The zero-order valence-corrected chi connectivity index (χ0v) is 22.7. The Hall–Kier alpha value is -0.650. The van der Waals surface area contributed by atoms with E-state index in [0.717, 1.165) is 45.1 Å². The molecular formula is C28H55NO4. The summed E-state index contributed by atoms with van der Waals surface area (Å²) in [5.41, 5.74) is -0.665. The molecule has 1 rings (SSSR count). The highest BCUT2D eigenvalue weighted by Crippen LogP contribution is 2.41. The van der Waals surface area contributed by atoms with Gasteiger partial charge in [0, 0.05) is 6.54 Å². The molecule has 5 nitrogen and oxygen atoms in total. The number of carboxylic acids is 1. The van der Waals surface area contributed by atoms with Gasteiger partial charge in [-0.2, -0.15) is 0 Å². The van der Waals surface area contributed by atoms with E-state index in [4.69, 9.17) is 9.47 Å². The Kier molecular flexibility index (Phi) is 15.5. The molecule has 33 heavy (non-hydrogen) atoms. The van der Waals surface area contributed by atoms with Crippen molar-refractivity contribution in [3.8, 4) is 0 Å². The first-order valence-electron chi connectivity index (χ1n) is 14.2. The van der Waals surface area contributed by atoms with E-state index in [0.29, 0.717) is 6.42 Å². The molecule has 0 aliphatic carbocycles. The number of aliphatic carboxylic acids is 1. The van der Waals surface area contributed by atoms with Crippen LogP contribution in [-0.4, -0.2) is 53.6 Å². The molecule has 0 radical (unpaired) electrons. The van der Waals surface area contributed by atoms with Crippen LogP contribution in [0.4, 0.5) is 0 Å². The van der Waals surface area contributed by atoms with Crippen molar-refractivity contribution >= 4 is 5.97 Å². The van der Waals surface area contributed by atoms with Gasteiger partial charge in [-0.05, 0) is 52.0 Å². The highest BCUT2D eigenvalue weighted by atomic mass is 16.6. The smallest absolute Gasteiger partial charge is 0.309 e. The van der Waals surface area contributed by atoms with Crippen molar-refractivity contribution in [1.82, 2.24) is 4.90 Å². The summed E-state index contributed by atoms with van der Waals surface area (Å²) in [7, 11) is 2.11. The molecule has 0 aromatic rings. The number of likely N-dealkylation sites (N-methyl/N-ethyl adjacent to an activating group) is 1. The van der Waals surface area contributed by atoms with E-state index in [-0.39, 0.29) is 12.2 Å². The SMILES string of the molecule is CCCCCCCCCCCC1(OC(CC)CC)C(OC(CC)CC)C(C(=O)O)CCN1C. The Morgan fingerprint density at radius 3 is 1.88 bits per heavy atom. The quantitative estimate of drug-likeness (QED) is 0.199. The molecule has 1 aliphatic rings. The molecule has 0 aromatic heterocycles. The highest BCUT2D eigenvalue weighted by Gasteiger charge is 2.54. The third kappa shape index (κ3) is 9.49. The number of nitrogens with zero attached hydrogens (tertiary/aromatic N) is 1. The molecule has 196 valence electrons. The normalized spacial score (nSPS) is 24.1. The first kappa shape index (κ1) is 30.4. The molecule has 0 amide bonds. The molecule has 1 fully saturated rings. The van der Waals surface area contributed by atoms with Crippen LogP contribution in [0.15, 0.2) is 0 Å². The van der Waals surface area contributed by atoms with Gasteiger partial charge < -0.3 is 14.6 Å². The number of hydrogen-bond donors (Lipinski definition) is 1. The molecule has 0 saturated carbocycles. The second-order valence-electron chi connectivity index (χ2n) is 10.1. The van der Waals surface area contributed by atoms with Crippen LogP contribution in [0.5, 0.6) is 0 Å². The Balaban J connectivity index is 2.99. The number of unbranched alkanes of at least 4 members (excludes halogenated alkanes) is 8. The summed E-state index contributed by atoms with van der Waals surface area (Å²) in [6.07, 6.45) is 16.3. The molecule has 3 atom stereocenters. The van der Waals surface area contributed by atoms with E-state index in [2.05, 4.69) is 46.6 Å². The fourth-order valence-corrected chi connectivity index (χ4v) is 5.33. The summed E-state index contributed by atoms with van der Waals surface area (Å²) >= 11 is 0. The number of piperidine rings is 1. The van der Waals surface area contributed by atoms with Gasteiger partial charge in [0.05, 0.1) is 18.1 Å². The van der Waals surface area contributed by atoms with Gasteiger partial charge in [-0.25, -0.2) is 0 Å². The Morgan fingerprint density at radius 1 is 0.879 bits per heavy atom. The highest BCUT2D eigenvalue weighted by molar-refractivity contribution is 5.71. The van der Waals surface area contributed by atoms with Crippen LogP contribution in [0.1, 0.15) is 131 Å². The number of likely N-dealkylation sites (tertiary alicyclic amines) is 1. The maximum Gasteiger partial charge on any atom is 0.309 e. The molecule has 0 aromatic carbocycles. The lowest BCUT2D eigenvalue weighted by Gasteiger charge is -2.54. The van der Waals surface area contributed by atoms with Crippen LogP contribution in [0, 0.1) is 5.92 Å². The summed E-state index contributed by atoms with van der Waals surface area (Å²) in [5.74, 6) is -1.27. The number of rotatable bonds is 19. The van der Waals surface area contributed by atoms with E-state index in [1.165, 1.54) is 51.4 Å². The number of hydrogen-bond acceptors (Lipinski definition) is 4. The number of carbonyl (C=O) groups is 1. The van der Waals surface area contributed by atoms with Crippen LogP contribution in [0.25, 0.3) is 0 Å². The summed E-state index contributed by atoms with van der Waals surface area (Å²) in [5, 5.41) is 10.1. The number of carboxylic acid groups (broad SMARTS) is 1. The molecule has 0 bridgehead atoms.